The molecule has 0 bridgehead atoms. The molecule has 1 amide bonds. The summed E-state index contributed by atoms with van der Waals surface area (Å²) in [6, 6.07) is 19.7. The Morgan fingerprint density at radius 3 is 2.61 bits per heavy atom. The van der Waals surface area contributed by atoms with Gasteiger partial charge < -0.3 is 9.47 Å². The van der Waals surface area contributed by atoms with Crippen LogP contribution < -0.4 is 14.9 Å². The molecule has 0 saturated carbocycles. The molecule has 0 spiro atoms. The minimum Gasteiger partial charge on any atom is -0.493 e. The largest absolute Gasteiger partial charge is 0.493 e. The number of esters is 1. The molecule has 8 heteroatoms. The molecule has 0 aliphatic carbocycles. The molecule has 0 unspecified atom stereocenters. The van der Waals surface area contributed by atoms with E-state index in [1.807, 2.05) is 43.3 Å². The van der Waals surface area contributed by atoms with E-state index in [0.29, 0.717) is 26.8 Å². The Labute approximate surface area is 199 Å². The number of benzene rings is 3. The lowest BCUT2D eigenvalue weighted by Gasteiger charge is -2.09. The van der Waals surface area contributed by atoms with Crippen LogP contribution in [0.3, 0.4) is 0 Å². The predicted molar refractivity (Wildman–Crippen MR) is 131 cm³/mol. The number of nitrogens with zero attached hydrogens (tertiary/aromatic N) is 1. The lowest BCUT2D eigenvalue weighted by Crippen LogP contribution is -2.17. The number of thiophene rings is 1. The first-order chi connectivity index (χ1) is 16.0. The highest BCUT2D eigenvalue weighted by molar-refractivity contribution is 7.21. The van der Waals surface area contributed by atoms with Gasteiger partial charge in [0.25, 0.3) is 5.91 Å². The second-order valence-electron chi connectivity index (χ2n) is 7.11. The number of hydrazone groups is 1. The number of rotatable bonds is 6. The Bertz CT molecular complexity index is 1380. The van der Waals surface area contributed by atoms with Crippen LogP contribution in [0.5, 0.6) is 11.5 Å². The van der Waals surface area contributed by atoms with Gasteiger partial charge in [-0.3, -0.25) is 4.79 Å². The van der Waals surface area contributed by atoms with Crippen molar-refractivity contribution in [2.45, 2.75) is 6.92 Å². The van der Waals surface area contributed by atoms with Crippen LogP contribution in [0, 0.1) is 6.92 Å². The Balaban J connectivity index is 1.47. The van der Waals surface area contributed by atoms with E-state index in [-0.39, 0.29) is 11.7 Å². The second-order valence-corrected chi connectivity index (χ2v) is 8.54. The third-order valence-corrected chi connectivity index (χ3v) is 6.43. The Morgan fingerprint density at radius 2 is 1.85 bits per heavy atom. The van der Waals surface area contributed by atoms with Crippen LogP contribution in [0.2, 0.25) is 5.02 Å². The Hall–Kier alpha value is -3.68. The van der Waals surface area contributed by atoms with Gasteiger partial charge in [-0.15, -0.1) is 11.3 Å². The fourth-order valence-corrected chi connectivity index (χ4v) is 4.54. The molecular weight excluding hydrogens is 460 g/mol. The maximum Gasteiger partial charge on any atom is 0.355 e. The standard InChI is InChI=1S/C25H19ClN2O4S/c1-15-6-5-7-17(12-15)24(29)28-27-14-16-10-11-19(20(13-16)31-2)32-25(30)23-22(26)18-8-3-4-9-21(18)33-23/h3-14H,1-2H3,(H,28,29)/b27-14+. The molecule has 0 radical (unpaired) electrons. The number of ether oxygens (including phenoxy) is 2. The molecule has 166 valence electrons. The number of carbonyl (C=O) groups excluding carboxylic acids is 2. The summed E-state index contributed by atoms with van der Waals surface area (Å²) >= 11 is 7.65. The van der Waals surface area contributed by atoms with Crippen molar-refractivity contribution in [2.75, 3.05) is 7.11 Å². The predicted octanol–water partition coefficient (Wildman–Crippen LogP) is 5.85. The van der Waals surface area contributed by atoms with Crippen LogP contribution in [-0.2, 0) is 0 Å². The zero-order chi connectivity index (χ0) is 23.4. The summed E-state index contributed by atoms with van der Waals surface area (Å²) in [6.45, 7) is 1.91. The number of fused-ring (bicyclic) bond motifs is 1. The van der Waals surface area contributed by atoms with Crippen LogP contribution in [0.4, 0.5) is 0 Å². The summed E-state index contributed by atoms with van der Waals surface area (Å²) in [5, 5.41) is 5.17. The molecule has 0 fully saturated rings. The van der Waals surface area contributed by atoms with Gasteiger partial charge in [0.15, 0.2) is 11.5 Å². The van der Waals surface area contributed by atoms with Gasteiger partial charge in [-0.1, -0.05) is 47.5 Å². The highest BCUT2D eigenvalue weighted by Crippen LogP contribution is 2.37. The fourth-order valence-electron chi connectivity index (χ4n) is 3.16. The summed E-state index contributed by atoms with van der Waals surface area (Å²) in [5.74, 6) is -0.287. The molecule has 4 aromatic rings. The van der Waals surface area contributed by atoms with Crippen molar-refractivity contribution in [3.63, 3.8) is 0 Å². The molecule has 3 aromatic carbocycles. The van der Waals surface area contributed by atoms with Gasteiger partial charge in [-0.05, 0) is 48.9 Å². The summed E-state index contributed by atoms with van der Waals surface area (Å²) in [7, 11) is 1.47. The normalized spacial score (nSPS) is 11.0. The molecule has 0 aliphatic heterocycles. The topological polar surface area (TPSA) is 77.0 Å². The molecule has 0 aliphatic rings. The lowest BCUT2D eigenvalue weighted by molar-refractivity contribution is 0.0734. The van der Waals surface area contributed by atoms with E-state index in [1.165, 1.54) is 24.7 Å². The Morgan fingerprint density at radius 1 is 1.03 bits per heavy atom. The number of methoxy groups -OCH3 is 1. The number of carbonyl (C=O) groups is 2. The van der Waals surface area contributed by atoms with E-state index >= 15 is 0 Å². The van der Waals surface area contributed by atoms with Crippen LogP contribution in [0.25, 0.3) is 10.1 Å². The van der Waals surface area contributed by atoms with Gasteiger partial charge in [0, 0.05) is 15.6 Å². The van der Waals surface area contributed by atoms with E-state index in [1.54, 1.807) is 30.3 Å². The van der Waals surface area contributed by atoms with Gasteiger partial charge in [0.2, 0.25) is 0 Å². The molecule has 0 atom stereocenters. The van der Waals surface area contributed by atoms with Crippen molar-refractivity contribution in [3.8, 4) is 11.5 Å². The highest BCUT2D eigenvalue weighted by Gasteiger charge is 2.20. The number of aryl methyl sites for hydroxylation is 1. The van der Waals surface area contributed by atoms with Crippen molar-refractivity contribution in [1.29, 1.82) is 0 Å². The number of hydrogen-bond acceptors (Lipinski definition) is 6. The van der Waals surface area contributed by atoms with E-state index in [2.05, 4.69) is 10.5 Å². The number of hydrogen-bond donors (Lipinski definition) is 1. The minimum absolute atomic E-state index is 0.247. The van der Waals surface area contributed by atoms with Crippen molar-refractivity contribution in [1.82, 2.24) is 5.43 Å². The van der Waals surface area contributed by atoms with E-state index < -0.39 is 5.97 Å². The highest BCUT2D eigenvalue weighted by atomic mass is 35.5. The SMILES string of the molecule is COc1cc(/C=N/NC(=O)c2cccc(C)c2)ccc1OC(=O)c1sc2ccccc2c1Cl. The van der Waals surface area contributed by atoms with E-state index in [9.17, 15) is 9.59 Å². The molecule has 33 heavy (non-hydrogen) atoms. The minimum atomic E-state index is -0.564. The molecular formula is C25H19ClN2O4S. The quantitative estimate of drug-likeness (QED) is 0.163. The van der Waals surface area contributed by atoms with Gasteiger partial charge >= 0.3 is 5.97 Å². The molecule has 0 saturated heterocycles. The van der Waals surface area contributed by atoms with Gasteiger partial charge in [0.1, 0.15) is 4.88 Å². The van der Waals surface area contributed by atoms with Gasteiger partial charge in [-0.25, -0.2) is 10.2 Å². The number of amides is 1. The van der Waals surface area contributed by atoms with Crippen LogP contribution in [0.15, 0.2) is 71.8 Å². The second kappa shape index (κ2) is 9.85. The Kier molecular flexibility index (Phi) is 6.72. The summed E-state index contributed by atoms with van der Waals surface area (Å²) in [5.41, 5.74) is 4.64. The van der Waals surface area contributed by atoms with Crippen molar-refractivity contribution < 1.29 is 19.1 Å². The molecule has 6 nitrogen and oxygen atoms in total. The van der Waals surface area contributed by atoms with Crippen molar-refractivity contribution in [2.24, 2.45) is 5.10 Å². The maximum absolute atomic E-state index is 12.7. The lowest BCUT2D eigenvalue weighted by atomic mass is 10.1. The van der Waals surface area contributed by atoms with Crippen molar-refractivity contribution >= 4 is 51.1 Å². The number of nitrogens with one attached hydrogen (secondary N) is 1. The van der Waals surface area contributed by atoms with E-state index in [4.69, 9.17) is 21.1 Å². The van der Waals surface area contributed by atoms with E-state index in [0.717, 1.165) is 15.6 Å². The molecule has 1 aromatic heterocycles. The first-order valence-corrected chi connectivity index (χ1v) is 11.1. The first-order valence-electron chi connectivity index (χ1n) is 9.93. The van der Waals surface area contributed by atoms with Crippen LogP contribution in [0.1, 0.15) is 31.2 Å². The van der Waals surface area contributed by atoms with Crippen LogP contribution in [-0.4, -0.2) is 25.2 Å². The maximum atomic E-state index is 12.7. The number of halogens is 1. The summed E-state index contributed by atoms with van der Waals surface area (Å²) < 4.78 is 11.8. The molecule has 1 heterocycles. The summed E-state index contributed by atoms with van der Waals surface area (Å²) in [4.78, 5) is 25.3. The van der Waals surface area contributed by atoms with Gasteiger partial charge in [0.05, 0.1) is 18.3 Å². The molecule has 1 N–H and O–H groups in total. The molecule has 4 rings (SSSR count). The van der Waals surface area contributed by atoms with Crippen LogP contribution >= 0.6 is 22.9 Å². The van der Waals surface area contributed by atoms with Gasteiger partial charge in [-0.2, -0.15) is 5.10 Å². The zero-order valence-electron chi connectivity index (χ0n) is 17.8. The zero-order valence-corrected chi connectivity index (χ0v) is 19.4. The van der Waals surface area contributed by atoms with Crippen molar-refractivity contribution in [3.05, 3.63) is 93.3 Å². The smallest absolute Gasteiger partial charge is 0.355 e. The fraction of sp³-hybridized carbons (Fsp3) is 0.0800. The third-order valence-electron chi connectivity index (χ3n) is 4.77. The average molecular weight is 479 g/mol. The average Bonchev–Trinajstić information content (AvgIpc) is 3.16. The summed E-state index contributed by atoms with van der Waals surface area (Å²) in [6.07, 6.45) is 1.48. The first kappa shape index (κ1) is 22.5. The third kappa shape index (κ3) is 5.05. The monoisotopic (exact) mass is 478 g/mol.